The summed E-state index contributed by atoms with van der Waals surface area (Å²) in [7, 11) is 0. The molecule has 1 aromatic carbocycles. The van der Waals surface area contributed by atoms with Gasteiger partial charge in [-0.1, -0.05) is 6.07 Å². The van der Waals surface area contributed by atoms with E-state index >= 15 is 0 Å². The van der Waals surface area contributed by atoms with Gasteiger partial charge in [-0.3, -0.25) is 0 Å². The van der Waals surface area contributed by atoms with E-state index in [0.29, 0.717) is 0 Å². The summed E-state index contributed by atoms with van der Waals surface area (Å²) < 4.78 is 1.37. The minimum Gasteiger partial charge on any atom is -0.325 e. The molecular weight excluding hydrogens is 202 g/mol. The van der Waals surface area contributed by atoms with Gasteiger partial charge in [-0.25, -0.2) is 0 Å². The molecule has 0 aliphatic carbocycles. The Bertz CT molecular complexity index is 477. The van der Waals surface area contributed by atoms with Gasteiger partial charge < -0.3 is 5.73 Å². The number of rotatable bonds is 2. The molecule has 0 unspecified atom stereocenters. The van der Waals surface area contributed by atoms with Crippen LogP contribution in [-0.4, -0.2) is 5.54 Å². The maximum absolute atomic E-state index is 6.06. The first-order valence-electron chi connectivity index (χ1n) is 5.22. The molecule has 0 fully saturated rings. The molecule has 0 aliphatic rings. The van der Waals surface area contributed by atoms with Crippen molar-refractivity contribution in [3.05, 3.63) is 34.7 Å². The fourth-order valence-corrected chi connectivity index (χ4v) is 2.76. The lowest BCUT2D eigenvalue weighted by Crippen LogP contribution is -2.34. The van der Waals surface area contributed by atoms with Crippen LogP contribution in [0.25, 0.3) is 10.1 Å². The Kier molecular flexibility index (Phi) is 2.57. The van der Waals surface area contributed by atoms with Crippen molar-refractivity contribution >= 4 is 21.4 Å². The molecule has 2 N–H and O–H groups in total. The molecule has 1 heterocycles. The molecule has 0 saturated carbocycles. The highest BCUT2D eigenvalue weighted by molar-refractivity contribution is 7.17. The average Bonchev–Trinajstić information content (AvgIpc) is 2.56. The molecular formula is C13H17NS. The molecule has 2 heteroatoms. The van der Waals surface area contributed by atoms with Gasteiger partial charge in [0.25, 0.3) is 0 Å². The SMILES string of the molecule is Cc1c(CC(C)(C)N)ccc2sccc12. The molecule has 80 valence electrons. The van der Waals surface area contributed by atoms with Gasteiger partial charge in [0.15, 0.2) is 0 Å². The van der Waals surface area contributed by atoms with Crippen LogP contribution in [0.15, 0.2) is 23.6 Å². The number of aryl methyl sites for hydroxylation is 1. The number of thiophene rings is 1. The molecule has 0 radical (unpaired) electrons. The molecule has 2 rings (SSSR count). The summed E-state index contributed by atoms with van der Waals surface area (Å²) in [5.74, 6) is 0. The van der Waals surface area contributed by atoms with Crippen LogP contribution in [0.3, 0.4) is 0 Å². The summed E-state index contributed by atoms with van der Waals surface area (Å²) in [4.78, 5) is 0. The van der Waals surface area contributed by atoms with Crippen molar-refractivity contribution in [3.63, 3.8) is 0 Å². The minimum absolute atomic E-state index is 0.130. The van der Waals surface area contributed by atoms with Crippen LogP contribution in [0.1, 0.15) is 25.0 Å². The summed E-state index contributed by atoms with van der Waals surface area (Å²) in [6.07, 6.45) is 0.935. The van der Waals surface area contributed by atoms with Gasteiger partial charge in [-0.05, 0) is 61.2 Å². The van der Waals surface area contributed by atoms with Gasteiger partial charge in [0.2, 0.25) is 0 Å². The predicted molar refractivity (Wildman–Crippen MR) is 68.5 cm³/mol. The topological polar surface area (TPSA) is 26.0 Å². The van der Waals surface area contributed by atoms with Gasteiger partial charge >= 0.3 is 0 Å². The van der Waals surface area contributed by atoms with E-state index in [2.05, 4.69) is 44.4 Å². The molecule has 1 nitrogen and oxygen atoms in total. The summed E-state index contributed by atoms with van der Waals surface area (Å²) in [6.45, 7) is 6.34. The molecule has 0 saturated heterocycles. The van der Waals surface area contributed by atoms with Crippen molar-refractivity contribution in [1.29, 1.82) is 0 Å². The summed E-state index contributed by atoms with van der Waals surface area (Å²) >= 11 is 1.80. The van der Waals surface area contributed by atoms with E-state index in [1.54, 1.807) is 11.3 Å². The third-order valence-electron chi connectivity index (χ3n) is 2.66. The van der Waals surface area contributed by atoms with Crippen LogP contribution in [0.2, 0.25) is 0 Å². The van der Waals surface area contributed by atoms with E-state index in [0.717, 1.165) is 6.42 Å². The van der Waals surface area contributed by atoms with Crippen LogP contribution >= 0.6 is 11.3 Å². The van der Waals surface area contributed by atoms with E-state index in [1.807, 2.05) is 0 Å². The van der Waals surface area contributed by atoms with Crippen LogP contribution < -0.4 is 5.73 Å². The van der Waals surface area contributed by atoms with Gasteiger partial charge in [0, 0.05) is 10.2 Å². The van der Waals surface area contributed by atoms with E-state index < -0.39 is 0 Å². The largest absolute Gasteiger partial charge is 0.325 e. The monoisotopic (exact) mass is 219 g/mol. The fourth-order valence-electron chi connectivity index (χ4n) is 1.92. The molecule has 1 aromatic heterocycles. The van der Waals surface area contributed by atoms with Crippen molar-refractivity contribution in [2.75, 3.05) is 0 Å². The van der Waals surface area contributed by atoms with Crippen LogP contribution in [-0.2, 0) is 6.42 Å². The third-order valence-corrected chi connectivity index (χ3v) is 3.54. The number of hydrogen-bond donors (Lipinski definition) is 1. The lowest BCUT2D eigenvalue weighted by molar-refractivity contribution is 0.516. The van der Waals surface area contributed by atoms with Crippen molar-refractivity contribution < 1.29 is 0 Å². The van der Waals surface area contributed by atoms with E-state index in [4.69, 9.17) is 5.73 Å². The Morgan fingerprint density at radius 2 is 2.00 bits per heavy atom. The summed E-state index contributed by atoms with van der Waals surface area (Å²) in [5, 5.41) is 3.52. The number of fused-ring (bicyclic) bond motifs is 1. The first kappa shape index (κ1) is 10.7. The van der Waals surface area contributed by atoms with E-state index in [9.17, 15) is 0 Å². The Labute approximate surface area is 94.9 Å². The van der Waals surface area contributed by atoms with E-state index in [-0.39, 0.29) is 5.54 Å². The smallest absolute Gasteiger partial charge is 0.0345 e. The molecule has 0 aliphatic heterocycles. The Morgan fingerprint density at radius 3 is 2.67 bits per heavy atom. The first-order chi connectivity index (χ1) is 6.97. The standard InChI is InChI=1S/C13H17NS/c1-9-10(8-13(2,3)14)4-5-12-11(9)6-7-15-12/h4-7H,8,14H2,1-3H3. The zero-order chi connectivity index (χ0) is 11.1. The Hall–Kier alpha value is -0.860. The van der Waals surface area contributed by atoms with Gasteiger partial charge in [-0.2, -0.15) is 0 Å². The minimum atomic E-state index is -0.130. The molecule has 0 bridgehead atoms. The van der Waals surface area contributed by atoms with Crippen molar-refractivity contribution in [2.24, 2.45) is 5.73 Å². The van der Waals surface area contributed by atoms with Gasteiger partial charge in [0.05, 0.1) is 0 Å². The second kappa shape index (κ2) is 3.62. The van der Waals surface area contributed by atoms with Crippen LogP contribution in [0.4, 0.5) is 0 Å². The highest BCUT2D eigenvalue weighted by atomic mass is 32.1. The normalized spacial score (nSPS) is 12.3. The quantitative estimate of drug-likeness (QED) is 0.822. The predicted octanol–water partition coefficient (Wildman–Crippen LogP) is 3.49. The summed E-state index contributed by atoms with van der Waals surface area (Å²) in [5.41, 5.74) is 8.68. The van der Waals surface area contributed by atoms with Crippen LogP contribution in [0, 0.1) is 6.92 Å². The summed E-state index contributed by atoms with van der Waals surface area (Å²) in [6, 6.07) is 6.61. The van der Waals surface area contributed by atoms with Gasteiger partial charge in [-0.15, -0.1) is 11.3 Å². The highest BCUT2D eigenvalue weighted by Crippen LogP contribution is 2.27. The Balaban J connectivity index is 2.48. The zero-order valence-electron chi connectivity index (χ0n) is 9.50. The number of hydrogen-bond acceptors (Lipinski definition) is 2. The van der Waals surface area contributed by atoms with Crippen molar-refractivity contribution in [2.45, 2.75) is 32.7 Å². The van der Waals surface area contributed by atoms with Crippen molar-refractivity contribution in [1.82, 2.24) is 0 Å². The molecule has 0 amide bonds. The van der Waals surface area contributed by atoms with E-state index in [1.165, 1.54) is 21.2 Å². The number of nitrogens with two attached hydrogens (primary N) is 1. The maximum Gasteiger partial charge on any atom is 0.0345 e. The molecule has 15 heavy (non-hydrogen) atoms. The lowest BCUT2D eigenvalue weighted by Gasteiger charge is -2.20. The zero-order valence-corrected chi connectivity index (χ0v) is 10.3. The Morgan fingerprint density at radius 1 is 1.27 bits per heavy atom. The van der Waals surface area contributed by atoms with Crippen molar-refractivity contribution in [3.8, 4) is 0 Å². The average molecular weight is 219 g/mol. The molecule has 0 atom stereocenters. The first-order valence-corrected chi connectivity index (χ1v) is 6.10. The van der Waals surface area contributed by atoms with Crippen LogP contribution in [0.5, 0.6) is 0 Å². The molecule has 2 aromatic rings. The number of benzene rings is 1. The highest BCUT2D eigenvalue weighted by Gasteiger charge is 2.14. The molecule has 0 spiro atoms. The lowest BCUT2D eigenvalue weighted by atomic mass is 9.92. The second-order valence-electron chi connectivity index (χ2n) is 4.85. The fraction of sp³-hybridized carbons (Fsp3) is 0.385. The second-order valence-corrected chi connectivity index (χ2v) is 5.80. The third kappa shape index (κ3) is 2.21. The van der Waals surface area contributed by atoms with Gasteiger partial charge in [0.1, 0.15) is 0 Å². The maximum atomic E-state index is 6.06.